The minimum atomic E-state index is -0.0747. The summed E-state index contributed by atoms with van der Waals surface area (Å²) in [5, 5.41) is 4.24. The Labute approximate surface area is 158 Å². The lowest BCUT2D eigenvalue weighted by atomic mass is 9.93. The molecule has 0 spiro atoms. The fourth-order valence-corrected chi connectivity index (χ4v) is 3.81. The van der Waals surface area contributed by atoms with E-state index < -0.39 is 0 Å². The van der Waals surface area contributed by atoms with E-state index in [4.69, 9.17) is 4.98 Å². The van der Waals surface area contributed by atoms with Gasteiger partial charge in [0.2, 0.25) is 0 Å². The van der Waals surface area contributed by atoms with Gasteiger partial charge in [0.05, 0.1) is 11.9 Å². The molecule has 1 aliphatic heterocycles. The summed E-state index contributed by atoms with van der Waals surface area (Å²) < 4.78 is 1.84. The predicted octanol–water partition coefficient (Wildman–Crippen LogP) is 2.86. The molecule has 0 aliphatic carbocycles. The number of aryl methyl sites for hydroxylation is 2. The van der Waals surface area contributed by atoms with Crippen molar-refractivity contribution in [3.05, 3.63) is 69.9 Å². The molecule has 1 saturated heterocycles. The predicted molar refractivity (Wildman–Crippen MR) is 105 cm³/mol. The van der Waals surface area contributed by atoms with Crippen LogP contribution in [0.3, 0.4) is 0 Å². The summed E-state index contributed by atoms with van der Waals surface area (Å²) >= 11 is 0. The molecular weight excluding hydrogens is 338 g/mol. The van der Waals surface area contributed by atoms with E-state index in [2.05, 4.69) is 27.2 Å². The summed E-state index contributed by atoms with van der Waals surface area (Å²) in [7, 11) is 1.94. The van der Waals surface area contributed by atoms with Gasteiger partial charge in [-0.1, -0.05) is 23.8 Å². The molecule has 3 heterocycles. The molecule has 1 aromatic carbocycles. The van der Waals surface area contributed by atoms with E-state index in [0.29, 0.717) is 11.7 Å². The summed E-state index contributed by atoms with van der Waals surface area (Å²) in [6.45, 7) is 4.99. The van der Waals surface area contributed by atoms with Crippen LogP contribution >= 0.6 is 0 Å². The zero-order valence-electron chi connectivity index (χ0n) is 15.9. The van der Waals surface area contributed by atoms with E-state index in [1.54, 1.807) is 6.07 Å². The second kappa shape index (κ2) is 7.48. The molecule has 4 rings (SSSR count). The summed E-state index contributed by atoms with van der Waals surface area (Å²) in [5.74, 6) is 1.000. The summed E-state index contributed by atoms with van der Waals surface area (Å²) in [6, 6.07) is 9.75. The first-order valence-corrected chi connectivity index (χ1v) is 9.45. The van der Waals surface area contributed by atoms with Gasteiger partial charge in [-0.25, -0.2) is 4.98 Å². The number of hydrogen-bond acceptors (Lipinski definition) is 4. The Balaban J connectivity index is 1.47. The monoisotopic (exact) mass is 363 g/mol. The van der Waals surface area contributed by atoms with Crippen LogP contribution in [0.5, 0.6) is 0 Å². The van der Waals surface area contributed by atoms with E-state index in [0.717, 1.165) is 49.3 Å². The zero-order valence-corrected chi connectivity index (χ0v) is 15.9. The second-order valence-electron chi connectivity index (χ2n) is 7.46. The van der Waals surface area contributed by atoms with Gasteiger partial charge >= 0.3 is 0 Å². The number of H-pyrrole nitrogens is 1. The Morgan fingerprint density at radius 1 is 1.22 bits per heavy atom. The van der Waals surface area contributed by atoms with Crippen LogP contribution in [0.25, 0.3) is 11.4 Å². The SMILES string of the molecule is Cc1cccc(-c2nc(C3CCN(Cc4cnn(C)c4)CC3)cc(=O)[nH]2)c1. The highest BCUT2D eigenvalue weighted by molar-refractivity contribution is 5.55. The molecule has 1 fully saturated rings. The molecule has 2 aromatic heterocycles. The maximum absolute atomic E-state index is 12.2. The van der Waals surface area contributed by atoms with Crippen molar-refractivity contribution in [2.45, 2.75) is 32.2 Å². The molecule has 6 heteroatoms. The molecule has 0 bridgehead atoms. The number of piperidine rings is 1. The van der Waals surface area contributed by atoms with Gasteiger partial charge in [-0.05, 0) is 38.9 Å². The van der Waals surface area contributed by atoms with Crippen LogP contribution in [-0.4, -0.2) is 37.7 Å². The van der Waals surface area contributed by atoms with Crippen molar-refractivity contribution in [3.8, 4) is 11.4 Å². The Bertz CT molecular complexity index is 982. The Morgan fingerprint density at radius 2 is 2.04 bits per heavy atom. The van der Waals surface area contributed by atoms with Gasteiger partial charge in [0.1, 0.15) is 5.82 Å². The van der Waals surface area contributed by atoms with E-state index in [-0.39, 0.29) is 5.56 Å². The molecular formula is C21H25N5O. The number of aromatic amines is 1. The van der Waals surface area contributed by atoms with Crippen LogP contribution < -0.4 is 5.56 Å². The summed E-state index contributed by atoms with van der Waals surface area (Å²) in [4.78, 5) is 22.3. The number of nitrogens with one attached hydrogen (secondary N) is 1. The highest BCUT2D eigenvalue weighted by Crippen LogP contribution is 2.28. The average Bonchev–Trinajstić information content (AvgIpc) is 3.06. The van der Waals surface area contributed by atoms with Crippen LogP contribution in [0.2, 0.25) is 0 Å². The number of aromatic nitrogens is 4. The van der Waals surface area contributed by atoms with E-state index in [1.807, 2.05) is 43.0 Å². The highest BCUT2D eigenvalue weighted by atomic mass is 16.1. The van der Waals surface area contributed by atoms with Gasteiger partial charge in [0, 0.05) is 42.9 Å². The molecule has 3 aromatic rings. The minimum Gasteiger partial charge on any atom is -0.307 e. The normalized spacial score (nSPS) is 15.9. The zero-order chi connectivity index (χ0) is 18.8. The third-order valence-electron chi connectivity index (χ3n) is 5.22. The first kappa shape index (κ1) is 17.7. The van der Waals surface area contributed by atoms with Gasteiger partial charge in [0.15, 0.2) is 0 Å². The van der Waals surface area contributed by atoms with Gasteiger partial charge in [-0.2, -0.15) is 5.10 Å². The Kier molecular flexibility index (Phi) is 4.90. The van der Waals surface area contributed by atoms with Crippen LogP contribution in [0.4, 0.5) is 0 Å². The van der Waals surface area contributed by atoms with Crippen molar-refractivity contribution in [2.24, 2.45) is 7.05 Å². The standard InChI is InChI=1S/C21H25N5O/c1-15-4-3-5-18(10-15)21-23-19(11-20(27)24-21)17-6-8-26(9-7-17)14-16-12-22-25(2)13-16/h3-5,10-13,17H,6-9,14H2,1-2H3,(H,23,24,27). The van der Waals surface area contributed by atoms with Crippen LogP contribution in [0, 0.1) is 6.92 Å². The number of nitrogens with zero attached hydrogens (tertiary/aromatic N) is 4. The largest absolute Gasteiger partial charge is 0.307 e. The average molecular weight is 363 g/mol. The van der Waals surface area contributed by atoms with E-state index >= 15 is 0 Å². The third kappa shape index (κ3) is 4.17. The topological polar surface area (TPSA) is 66.8 Å². The Hall–Kier alpha value is -2.73. The summed E-state index contributed by atoms with van der Waals surface area (Å²) in [6.07, 6.45) is 6.03. The Morgan fingerprint density at radius 3 is 2.74 bits per heavy atom. The molecule has 0 atom stereocenters. The minimum absolute atomic E-state index is 0.0747. The second-order valence-corrected chi connectivity index (χ2v) is 7.46. The third-order valence-corrected chi connectivity index (χ3v) is 5.22. The molecule has 0 saturated carbocycles. The number of hydrogen-bond donors (Lipinski definition) is 1. The lowest BCUT2D eigenvalue weighted by Gasteiger charge is -2.31. The van der Waals surface area contributed by atoms with Gasteiger partial charge in [0.25, 0.3) is 5.56 Å². The first-order chi connectivity index (χ1) is 13.1. The highest BCUT2D eigenvalue weighted by Gasteiger charge is 2.23. The van der Waals surface area contributed by atoms with E-state index in [9.17, 15) is 4.79 Å². The molecule has 1 N–H and O–H groups in total. The number of rotatable bonds is 4. The lowest BCUT2D eigenvalue weighted by molar-refractivity contribution is 0.203. The van der Waals surface area contributed by atoms with Crippen molar-refractivity contribution in [1.82, 2.24) is 24.6 Å². The van der Waals surface area contributed by atoms with Crippen LogP contribution in [0.15, 0.2) is 47.5 Å². The van der Waals surface area contributed by atoms with Gasteiger partial charge < -0.3 is 4.98 Å². The quantitative estimate of drug-likeness (QED) is 0.774. The van der Waals surface area contributed by atoms with Gasteiger partial charge in [-0.3, -0.25) is 14.4 Å². The molecule has 6 nitrogen and oxygen atoms in total. The molecule has 0 amide bonds. The van der Waals surface area contributed by atoms with Crippen molar-refractivity contribution < 1.29 is 0 Å². The smallest absolute Gasteiger partial charge is 0.251 e. The van der Waals surface area contributed by atoms with Crippen molar-refractivity contribution >= 4 is 0 Å². The van der Waals surface area contributed by atoms with E-state index in [1.165, 1.54) is 5.56 Å². The molecule has 0 unspecified atom stereocenters. The van der Waals surface area contributed by atoms with Crippen molar-refractivity contribution in [1.29, 1.82) is 0 Å². The maximum Gasteiger partial charge on any atom is 0.251 e. The summed E-state index contributed by atoms with van der Waals surface area (Å²) in [5.41, 5.74) is 4.20. The molecule has 0 radical (unpaired) electrons. The fourth-order valence-electron chi connectivity index (χ4n) is 3.81. The fraction of sp³-hybridized carbons (Fsp3) is 0.381. The lowest BCUT2D eigenvalue weighted by Crippen LogP contribution is -2.33. The van der Waals surface area contributed by atoms with Crippen molar-refractivity contribution in [3.63, 3.8) is 0 Å². The molecule has 27 heavy (non-hydrogen) atoms. The van der Waals surface area contributed by atoms with Crippen molar-refractivity contribution in [2.75, 3.05) is 13.1 Å². The number of likely N-dealkylation sites (tertiary alicyclic amines) is 1. The first-order valence-electron chi connectivity index (χ1n) is 9.45. The number of benzene rings is 1. The molecule has 1 aliphatic rings. The maximum atomic E-state index is 12.2. The van der Waals surface area contributed by atoms with Gasteiger partial charge in [-0.15, -0.1) is 0 Å². The molecule has 140 valence electrons. The van der Waals surface area contributed by atoms with Crippen LogP contribution in [-0.2, 0) is 13.6 Å². The van der Waals surface area contributed by atoms with Crippen LogP contribution in [0.1, 0.15) is 35.6 Å².